The molecule has 0 atom stereocenters. The number of nitrogens with zero attached hydrogens (tertiary/aromatic N) is 2. The number of imidazole rings is 1. The summed E-state index contributed by atoms with van der Waals surface area (Å²) in [7, 11) is 1.34. The number of halogens is 2. The molecular weight excluding hydrogens is 368 g/mol. The molecule has 3 rings (SSSR count). The maximum Gasteiger partial charge on any atom is 0.387 e. The van der Waals surface area contributed by atoms with Gasteiger partial charge in [0.25, 0.3) is 5.91 Å². The number of alkyl halides is 2. The van der Waals surface area contributed by atoms with Gasteiger partial charge in [0.2, 0.25) is 0 Å². The summed E-state index contributed by atoms with van der Waals surface area (Å²) >= 11 is 0. The minimum Gasteiger partial charge on any atom is -0.493 e. The minimum absolute atomic E-state index is 0.127. The lowest BCUT2D eigenvalue weighted by atomic mass is 10.1. The minimum atomic E-state index is -3.01. The molecule has 0 unspecified atom stereocenters. The maximum atomic E-state index is 12.6. The lowest BCUT2D eigenvalue weighted by Gasteiger charge is -2.13. The summed E-state index contributed by atoms with van der Waals surface area (Å²) in [5, 5.41) is 2.81. The van der Waals surface area contributed by atoms with Crippen molar-refractivity contribution in [2.24, 2.45) is 0 Å². The van der Waals surface area contributed by atoms with Crippen LogP contribution in [0.25, 0.3) is 0 Å². The number of hydrogen-bond donors (Lipinski definition) is 1. The quantitative estimate of drug-likeness (QED) is 0.643. The van der Waals surface area contributed by atoms with Gasteiger partial charge >= 0.3 is 6.61 Å². The van der Waals surface area contributed by atoms with E-state index in [0.717, 1.165) is 11.1 Å². The second-order valence-electron chi connectivity index (χ2n) is 5.93. The Hall–Kier alpha value is -3.42. The van der Waals surface area contributed by atoms with E-state index < -0.39 is 12.5 Å². The fraction of sp³-hybridized carbons (Fsp3) is 0.200. The molecule has 0 fully saturated rings. The fourth-order valence-corrected chi connectivity index (χ4v) is 2.74. The first-order valence-corrected chi connectivity index (χ1v) is 8.50. The zero-order chi connectivity index (χ0) is 19.9. The number of methoxy groups -OCH3 is 1. The van der Waals surface area contributed by atoms with Crippen molar-refractivity contribution in [1.29, 1.82) is 0 Å². The molecule has 8 heteroatoms. The van der Waals surface area contributed by atoms with Crippen LogP contribution < -0.4 is 14.8 Å². The number of amides is 1. The number of hydrogen-bond acceptors (Lipinski definition) is 4. The highest BCUT2D eigenvalue weighted by molar-refractivity contribution is 5.94. The van der Waals surface area contributed by atoms with E-state index >= 15 is 0 Å². The Balaban J connectivity index is 1.71. The molecule has 0 radical (unpaired) electrons. The van der Waals surface area contributed by atoms with E-state index in [1.807, 2.05) is 35.0 Å². The third kappa shape index (κ3) is 4.85. The Kier molecular flexibility index (Phi) is 6.21. The number of nitrogens with one attached hydrogen (secondary N) is 1. The molecule has 2 aromatic carbocycles. The van der Waals surface area contributed by atoms with Crippen LogP contribution in [0, 0.1) is 0 Å². The van der Waals surface area contributed by atoms with Crippen molar-refractivity contribution in [1.82, 2.24) is 14.9 Å². The molecule has 1 N–H and O–H groups in total. The van der Waals surface area contributed by atoms with E-state index in [2.05, 4.69) is 15.0 Å². The Morgan fingerprint density at radius 1 is 1.18 bits per heavy atom. The van der Waals surface area contributed by atoms with Gasteiger partial charge in [0.15, 0.2) is 11.5 Å². The second kappa shape index (κ2) is 8.98. The van der Waals surface area contributed by atoms with Crippen molar-refractivity contribution in [3.8, 4) is 11.5 Å². The van der Waals surface area contributed by atoms with Crippen LogP contribution in [-0.4, -0.2) is 29.2 Å². The van der Waals surface area contributed by atoms with Crippen molar-refractivity contribution >= 4 is 5.91 Å². The van der Waals surface area contributed by atoms with Crippen LogP contribution >= 0.6 is 0 Å². The lowest BCUT2D eigenvalue weighted by Crippen LogP contribution is -2.23. The van der Waals surface area contributed by atoms with Crippen LogP contribution in [0.1, 0.15) is 21.5 Å². The predicted octanol–water partition coefficient (Wildman–Crippen LogP) is 3.47. The van der Waals surface area contributed by atoms with Gasteiger partial charge in [-0.05, 0) is 29.3 Å². The average molecular weight is 387 g/mol. The predicted molar refractivity (Wildman–Crippen MR) is 98.6 cm³/mol. The Morgan fingerprint density at radius 3 is 2.64 bits per heavy atom. The highest BCUT2D eigenvalue weighted by Gasteiger charge is 2.15. The van der Waals surface area contributed by atoms with E-state index in [9.17, 15) is 13.6 Å². The molecule has 0 aliphatic rings. The van der Waals surface area contributed by atoms with Gasteiger partial charge in [-0.1, -0.05) is 24.3 Å². The number of carbonyl (C=O) groups is 1. The van der Waals surface area contributed by atoms with Gasteiger partial charge in [-0.15, -0.1) is 0 Å². The number of benzene rings is 2. The molecule has 1 aromatic heterocycles. The summed E-state index contributed by atoms with van der Waals surface area (Å²) in [4.78, 5) is 16.5. The first kappa shape index (κ1) is 19.3. The van der Waals surface area contributed by atoms with Crippen LogP contribution in [0.4, 0.5) is 8.78 Å². The fourth-order valence-electron chi connectivity index (χ4n) is 2.74. The molecule has 0 aliphatic heterocycles. The Morgan fingerprint density at radius 2 is 1.96 bits per heavy atom. The lowest BCUT2D eigenvalue weighted by molar-refractivity contribution is -0.0512. The molecular formula is C20H19F2N3O3. The van der Waals surface area contributed by atoms with Gasteiger partial charge in [0, 0.05) is 31.0 Å². The standard InChI is InChI=1S/C20H19F2N3O3/c1-27-17-7-6-14(10-18(17)28-20(21)22)19(26)24-11-15-4-2-3-5-16(15)12-25-9-8-23-13-25/h2-10,13,20H,11-12H2,1H3,(H,24,26). The monoisotopic (exact) mass is 387 g/mol. The van der Waals surface area contributed by atoms with Crippen LogP contribution in [-0.2, 0) is 13.1 Å². The molecule has 0 saturated heterocycles. The summed E-state index contributed by atoms with van der Waals surface area (Å²) in [6.07, 6.45) is 5.28. The van der Waals surface area contributed by atoms with Crippen LogP contribution in [0.3, 0.4) is 0 Å². The van der Waals surface area contributed by atoms with E-state index in [1.165, 1.54) is 25.3 Å². The molecule has 1 heterocycles. The zero-order valence-corrected chi connectivity index (χ0v) is 15.1. The van der Waals surface area contributed by atoms with Crippen molar-refractivity contribution in [2.75, 3.05) is 7.11 Å². The first-order chi connectivity index (χ1) is 13.6. The van der Waals surface area contributed by atoms with Gasteiger partial charge in [-0.25, -0.2) is 4.98 Å². The summed E-state index contributed by atoms with van der Waals surface area (Å²) in [6.45, 7) is -2.09. The highest BCUT2D eigenvalue weighted by atomic mass is 19.3. The topological polar surface area (TPSA) is 65.4 Å². The Labute approximate surface area is 160 Å². The van der Waals surface area contributed by atoms with Crippen molar-refractivity contribution < 1.29 is 23.0 Å². The van der Waals surface area contributed by atoms with Crippen molar-refractivity contribution in [3.63, 3.8) is 0 Å². The second-order valence-corrected chi connectivity index (χ2v) is 5.93. The number of aromatic nitrogens is 2. The molecule has 6 nitrogen and oxygen atoms in total. The average Bonchev–Trinajstić information content (AvgIpc) is 3.19. The van der Waals surface area contributed by atoms with E-state index in [4.69, 9.17) is 4.74 Å². The molecule has 0 aliphatic carbocycles. The van der Waals surface area contributed by atoms with Gasteiger partial charge in [0.1, 0.15) is 0 Å². The molecule has 0 bridgehead atoms. The third-order valence-corrected chi connectivity index (χ3v) is 4.11. The van der Waals surface area contributed by atoms with Gasteiger partial charge in [-0.2, -0.15) is 8.78 Å². The van der Waals surface area contributed by atoms with Gasteiger partial charge in [0.05, 0.1) is 13.4 Å². The van der Waals surface area contributed by atoms with Gasteiger partial charge in [-0.3, -0.25) is 4.79 Å². The van der Waals surface area contributed by atoms with Crippen LogP contribution in [0.15, 0.2) is 61.2 Å². The Bertz CT molecular complexity index is 930. The van der Waals surface area contributed by atoms with E-state index in [1.54, 1.807) is 12.5 Å². The summed E-state index contributed by atoms with van der Waals surface area (Å²) in [5.41, 5.74) is 2.18. The number of carbonyl (C=O) groups excluding carboxylic acids is 1. The molecule has 146 valence electrons. The van der Waals surface area contributed by atoms with Crippen LogP contribution in [0.5, 0.6) is 11.5 Å². The van der Waals surface area contributed by atoms with Gasteiger partial charge < -0.3 is 19.4 Å². The number of rotatable bonds is 8. The SMILES string of the molecule is COc1ccc(C(=O)NCc2ccccc2Cn2ccnc2)cc1OC(F)F. The maximum absolute atomic E-state index is 12.6. The molecule has 1 amide bonds. The summed E-state index contributed by atoms with van der Waals surface area (Å²) in [6, 6.07) is 11.9. The van der Waals surface area contributed by atoms with Crippen molar-refractivity contribution in [3.05, 3.63) is 77.9 Å². The molecule has 0 spiro atoms. The van der Waals surface area contributed by atoms with E-state index in [-0.39, 0.29) is 17.1 Å². The normalized spacial score (nSPS) is 10.7. The molecule has 3 aromatic rings. The van der Waals surface area contributed by atoms with E-state index in [0.29, 0.717) is 13.1 Å². The smallest absolute Gasteiger partial charge is 0.387 e. The molecule has 0 saturated carbocycles. The first-order valence-electron chi connectivity index (χ1n) is 8.50. The van der Waals surface area contributed by atoms with Crippen LogP contribution in [0.2, 0.25) is 0 Å². The third-order valence-electron chi connectivity index (χ3n) is 4.11. The zero-order valence-electron chi connectivity index (χ0n) is 15.1. The number of ether oxygens (including phenoxy) is 2. The highest BCUT2D eigenvalue weighted by Crippen LogP contribution is 2.29. The summed E-state index contributed by atoms with van der Waals surface area (Å²) < 4.78 is 36.4. The summed E-state index contributed by atoms with van der Waals surface area (Å²) in [5.74, 6) is -0.465. The largest absolute Gasteiger partial charge is 0.493 e. The molecule has 28 heavy (non-hydrogen) atoms. The van der Waals surface area contributed by atoms with Crippen molar-refractivity contribution in [2.45, 2.75) is 19.7 Å².